The third-order valence-corrected chi connectivity index (χ3v) is 5.79. The van der Waals surface area contributed by atoms with Crippen LogP contribution in [0.2, 0.25) is 0 Å². The lowest BCUT2D eigenvalue weighted by atomic mass is 9.92. The maximum Gasteiger partial charge on any atom is 0.215 e. The molecule has 0 unspecified atom stereocenters. The van der Waals surface area contributed by atoms with Crippen molar-refractivity contribution in [2.24, 2.45) is 0 Å². The van der Waals surface area contributed by atoms with E-state index in [0.29, 0.717) is 12.2 Å². The van der Waals surface area contributed by atoms with Crippen molar-refractivity contribution in [1.29, 1.82) is 0 Å². The number of nitrogens with two attached hydrogens (primary N) is 1. The highest BCUT2D eigenvalue weighted by Gasteiger charge is 2.24. The largest absolute Gasteiger partial charge is 0.399 e. The number of anilines is 1. The Morgan fingerprint density at radius 3 is 2.43 bits per heavy atom. The minimum Gasteiger partial charge on any atom is -0.399 e. The van der Waals surface area contributed by atoms with Gasteiger partial charge < -0.3 is 5.73 Å². The van der Waals surface area contributed by atoms with Crippen LogP contribution in [-0.4, -0.2) is 15.0 Å². The van der Waals surface area contributed by atoms with Gasteiger partial charge in [-0.1, -0.05) is 32.0 Å². The molecule has 21 heavy (non-hydrogen) atoms. The van der Waals surface area contributed by atoms with Gasteiger partial charge in [-0.15, -0.1) is 11.3 Å². The van der Waals surface area contributed by atoms with E-state index in [2.05, 4.69) is 4.72 Å². The number of nitrogen functional groups attached to an aromatic ring is 1. The van der Waals surface area contributed by atoms with E-state index in [1.807, 2.05) is 31.4 Å². The van der Waals surface area contributed by atoms with Crippen molar-refractivity contribution >= 4 is 27.0 Å². The minimum atomic E-state index is -3.36. The van der Waals surface area contributed by atoms with Crippen LogP contribution in [0.1, 0.15) is 24.3 Å². The highest BCUT2D eigenvalue weighted by Crippen LogP contribution is 2.26. The SMILES string of the molecule is CC(C)(CNS(=O)(=O)Cc1ccc(N)cc1)c1cccs1. The van der Waals surface area contributed by atoms with E-state index in [1.165, 1.54) is 0 Å². The molecule has 0 radical (unpaired) electrons. The summed E-state index contributed by atoms with van der Waals surface area (Å²) >= 11 is 1.64. The smallest absolute Gasteiger partial charge is 0.215 e. The average molecular weight is 324 g/mol. The molecule has 1 aromatic carbocycles. The second-order valence-electron chi connectivity index (χ2n) is 5.68. The molecule has 0 atom stereocenters. The second-order valence-corrected chi connectivity index (χ2v) is 8.44. The van der Waals surface area contributed by atoms with Crippen LogP contribution < -0.4 is 10.5 Å². The van der Waals surface area contributed by atoms with Gasteiger partial charge in [0.15, 0.2) is 0 Å². The van der Waals surface area contributed by atoms with E-state index in [0.717, 1.165) is 10.4 Å². The predicted octanol–water partition coefficient (Wildman–Crippen LogP) is 2.73. The number of sulfonamides is 1. The van der Waals surface area contributed by atoms with E-state index in [4.69, 9.17) is 5.73 Å². The van der Waals surface area contributed by atoms with E-state index >= 15 is 0 Å². The van der Waals surface area contributed by atoms with Gasteiger partial charge in [-0.05, 0) is 29.1 Å². The summed E-state index contributed by atoms with van der Waals surface area (Å²) in [6.45, 7) is 4.44. The third-order valence-electron chi connectivity index (χ3n) is 3.26. The lowest BCUT2D eigenvalue weighted by Gasteiger charge is -2.23. The van der Waals surface area contributed by atoms with Crippen LogP contribution in [-0.2, 0) is 21.2 Å². The van der Waals surface area contributed by atoms with E-state index < -0.39 is 10.0 Å². The molecule has 0 aliphatic heterocycles. The van der Waals surface area contributed by atoms with E-state index in [-0.39, 0.29) is 11.2 Å². The van der Waals surface area contributed by atoms with Crippen molar-refractivity contribution in [2.75, 3.05) is 12.3 Å². The van der Waals surface area contributed by atoms with Gasteiger partial charge in [0.1, 0.15) is 0 Å². The molecular formula is C15H20N2O2S2. The van der Waals surface area contributed by atoms with Gasteiger partial charge in [-0.3, -0.25) is 0 Å². The Morgan fingerprint density at radius 2 is 1.86 bits per heavy atom. The van der Waals surface area contributed by atoms with Gasteiger partial charge in [0.2, 0.25) is 10.0 Å². The molecule has 3 N–H and O–H groups in total. The zero-order chi connectivity index (χ0) is 15.5. The van der Waals surface area contributed by atoms with E-state index in [9.17, 15) is 8.42 Å². The van der Waals surface area contributed by atoms with Crippen molar-refractivity contribution in [2.45, 2.75) is 25.0 Å². The van der Waals surface area contributed by atoms with Crippen molar-refractivity contribution < 1.29 is 8.42 Å². The zero-order valence-electron chi connectivity index (χ0n) is 12.2. The number of rotatable bonds is 6. The summed E-state index contributed by atoms with van der Waals surface area (Å²) in [4.78, 5) is 1.16. The number of nitrogens with one attached hydrogen (secondary N) is 1. The fourth-order valence-electron chi connectivity index (χ4n) is 1.93. The van der Waals surface area contributed by atoms with Gasteiger partial charge in [-0.25, -0.2) is 13.1 Å². The molecule has 114 valence electrons. The van der Waals surface area contributed by atoms with Crippen molar-refractivity contribution in [3.8, 4) is 0 Å². The summed E-state index contributed by atoms with van der Waals surface area (Å²) in [5.74, 6) is -0.0339. The fraction of sp³-hybridized carbons (Fsp3) is 0.333. The number of benzene rings is 1. The van der Waals surface area contributed by atoms with Gasteiger partial charge in [0.05, 0.1) is 5.75 Å². The average Bonchev–Trinajstić information content (AvgIpc) is 2.94. The first kappa shape index (κ1) is 16.0. The molecule has 2 rings (SSSR count). The first-order valence-electron chi connectivity index (χ1n) is 6.64. The van der Waals surface area contributed by atoms with Crippen molar-refractivity contribution in [1.82, 2.24) is 4.72 Å². The Labute approximate surface area is 130 Å². The first-order chi connectivity index (χ1) is 9.78. The van der Waals surface area contributed by atoms with Crippen LogP contribution in [0.25, 0.3) is 0 Å². The molecule has 2 aromatic rings. The van der Waals surface area contributed by atoms with Crippen LogP contribution in [0.3, 0.4) is 0 Å². The Kier molecular flexibility index (Phi) is 4.70. The second kappa shape index (κ2) is 6.17. The van der Waals surface area contributed by atoms with Crippen molar-refractivity contribution in [3.63, 3.8) is 0 Å². The molecule has 1 aromatic heterocycles. The molecular weight excluding hydrogens is 304 g/mol. The molecule has 0 bridgehead atoms. The van der Waals surface area contributed by atoms with Gasteiger partial charge in [-0.2, -0.15) is 0 Å². The van der Waals surface area contributed by atoms with Gasteiger partial charge in [0.25, 0.3) is 0 Å². The topological polar surface area (TPSA) is 72.2 Å². The molecule has 0 aliphatic carbocycles. The van der Waals surface area contributed by atoms with E-state index in [1.54, 1.807) is 35.6 Å². The normalized spacial score (nSPS) is 12.5. The number of hydrogen-bond acceptors (Lipinski definition) is 4. The quantitative estimate of drug-likeness (QED) is 0.803. The summed E-state index contributed by atoms with van der Waals surface area (Å²) < 4.78 is 27.0. The summed E-state index contributed by atoms with van der Waals surface area (Å²) in [5.41, 5.74) is 6.73. The van der Waals surface area contributed by atoms with Crippen LogP contribution in [0, 0.1) is 0 Å². The van der Waals surface area contributed by atoms with Crippen LogP contribution >= 0.6 is 11.3 Å². The summed E-state index contributed by atoms with van der Waals surface area (Å²) in [6.07, 6.45) is 0. The molecule has 0 saturated carbocycles. The van der Waals surface area contributed by atoms with Crippen molar-refractivity contribution in [3.05, 3.63) is 52.2 Å². The molecule has 0 aliphatic rings. The number of hydrogen-bond donors (Lipinski definition) is 2. The Morgan fingerprint density at radius 1 is 1.19 bits per heavy atom. The highest BCUT2D eigenvalue weighted by atomic mass is 32.2. The Bertz CT molecular complexity index is 675. The number of thiophene rings is 1. The Balaban J connectivity index is 2.00. The molecule has 0 amide bonds. The fourth-order valence-corrected chi connectivity index (χ4v) is 4.09. The molecule has 0 saturated heterocycles. The van der Waals surface area contributed by atoms with Gasteiger partial charge >= 0.3 is 0 Å². The van der Waals surface area contributed by atoms with Crippen LogP contribution in [0.5, 0.6) is 0 Å². The standard InChI is InChI=1S/C15H20N2O2S2/c1-15(2,14-4-3-9-20-14)11-17-21(18,19)10-12-5-7-13(16)8-6-12/h3-9,17H,10-11,16H2,1-2H3. The van der Waals surface area contributed by atoms with Crippen LogP contribution in [0.15, 0.2) is 41.8 Å². The Hall–Kier alpha value is -1.37. The summed E-state index contributed by atoms with van der Waals surface area (Å²) in [5, 5.41) is 2.00. The summed E-state index contributed by atoms with van der Waals surface area (Å²) in [6, 6.07) is 10.9. The monoisotopic (exact) mass is 324 g/mol. The van der Waals surface area contributed by atoms with Crippen LogP contribution in [0.4, 0.5) is 5.69 Å². The third kappa shape index (κ3) is 4.56. The molecule has 4 nitrogen and oxygen atoms in total. The lowest BCUT2D eigenvalue weighted by Crippen LogP contribution is -2.36. The molecule has 6 heteroatoms. The maximum atomic E-state index is 12.2. The highest BCUT2D eigenvalue weighted by molar-refractivity contribution is 7.88. The molecule has 1 heterocycles. The maximum absolute atomic E-state index is 12.2. The van der Waals surface area contributed by atoms with Gasteiger partial charge in [0, 0.05) is 22.5 Å². The molecule has 0 fully saturated rings. The molecule has 0 spiro atoms. The lowest BCUT2D eigenvalue weighted by molar-refractivity contribution is 0.509. The first-order valence-corrected chi connectivity index (χ1v) is 9.17. The zero-order valence-corrected chi connectivity index (χ0v) is 13.8. The summed E-state index contributed by atoms with van der Waals surface area (Å²) in [7, 11) is -3.36. The minimum absolute atomic E-state index is 0.0339. The predicted molar refractivity (Wildman–Crippen MR) is 88.8 cm³/mol.